The maximum Gasteiger partial charge on any atom is 0.257 e. The Morgan fingerprint density at radius 3 is 2.59 bits per heavy atom. The molecule has 0 saturated carbocycles. The van der Waals surface area contributed by atoms with Gasteiger partial charge < -0.3 is 15.0 Å². The van der Waals surface area contributed by atoms with E-state index in [0.717, 1.165) is 47.5 Å². The molecule has 0 spiro atoms. The molecule has 148 valence electrons. The first-order chi connectivity index (χ1) is 14.3. The third-order valence-electron chi connectivity index (χ3n) is 5.20. The first-order valence-electron chi connectivity index (χ1n) is 10.2. The van der Waals surface area contributed by atoms with Crippen LogP contribution in [-0.4, -0.2) is 17.4 Å². The van der Waals surface area contributed by atoms with Crippen LogP contribution in [0.1, 0.15) is 47.4 Å². The molecule has 3 aromatic rings. The number of fused-ring (bicyclic) bond motifs is 1. The normalized spacial score (nSPS) is 15.6. The molecule has 3 aromatic carbocycles. The van der Waals surface area contributed by atoms with E-state index < -0.39 is 0 Å². The van der Waals surface area contributed by atoms with Crippen LogP contribution in [0.2, 0.25) is 0 Å². The van der Waals surface area contributed by atoms with Gasteiger partial charge in [0.25, 0.3) is 5.91 Å². The summed E-state index contributed by atoms with van der Waals surface area (Å²) >= 11 is 0. The highest BCUT2D eigenvalue weighted by Crippen LogP contribution is 2.34. The molecule has 1 atom stereocenters. The molecule has 1 aliphatic rings. The van der Waals surface area contributed by atoms with E-state index in [0.29, 0.717) is 6.61 Å². The van der Waals surface area contributed by atoms with Gasteiger partial charge in [-0.25, -0.2) is 0 Å². The average Bonchev–Trinajstić information content (AvgIpc) is 2.78. The van der Waals surface area contributed by atoms with Crippen molar-refractivity contribution in [1.82, 2.24) is 4.90 Å². The predicted molar refractivity (Wildman–Crippen MR) is 116 cm³/mol. The minimum Gasteiger partial charge on any atom is -0.489 e. The van der Waals surface area contributed by atoms with Crippen LogP contribution >= 0.6 is 0 Å². The van der Waals surface area contributed by atoms with Gasteiger partial charge in [-0.1, -0.05) is 67.9 Å². The third-order valence-corrected chi connectivity index (χ3v) is 5.20. The molecular formula is C25H26N2O2. The SMILES string of the molecule is CCCCN1C(=O)c2ccccc2NC1c1cccc(OCc2ccccc2)c1. The first-order valence-corrected chi connectivity index (χ1v) is 10.2. The van der Waals surface area contributed by atoms with Gasteiger partial charge in [0.15, 0.2) is 0 Å². The molecule has 1 aliphatic heterocycles. The number of hydrogen-bond acceptors (Lipinski definition) is 3. The fraction of sp³-hybridized carbons (Fsp3) is 0.240. The number of para-hydroxylation sites is 1. The van der Waals surface area contributed by atoms with Crippen molar-refractivity contribution in [2.24, 2.45) is 0 Å². The van der Waals surface area contributed by atoms with E-state index in [1.807, 2.05) is 71.6 Å². The van der Waals surface area contributed by atoms with Crippen molar-refractivity contribution in [2.75, 3.05) is 11.9 Å². The summed E-state index contributed by atoms with van der Waals surface area (Å²) in [7, 11) is 0. The number of nitrogens with zero attached hydrogens (tertiary/aromatic N) is 1. The molecule has 0 aromatic heterocycles. The lowest BCUT2D eigenvalue weighted by molar-refractivity contribution is 0.0680. The first kappa shape index (κ1) is 19.1. The number of ether oxygens (including phenoxy) is 1. The van der Waals surface area contributed by atoms with Gasteiger partial charge in [-0.15, -0.1) is 0 Å². The summed E-state index contributed by atoms with van der Waals surface area (Å²) in [6.45, 7) is 3.38. The van der Waals surface area contributed by atoms with Crippen LogP contribution in [0.4, 0.5) is 5.69 Å². The van der Waals surface area contributed by atoms with E-state index in [1.165, 1.54) is 0 Å². The molecule has 0 saturated heterocycles. The number of amides is 1. The Morgan fingerprint density at radius 2 is 1.76 bits per heavy atom. The standard InChI is InChI=1S/C25H26N2O2/c1-2-3-16-27-24(26-23-15-8-7-14-22(23)25(27)28)20-12-9-13-21(17-20)29-18-19-10-5-4-6-11-19/h4-15,17,24,26H,2-3,16,18H2,1H3. The molecule has 4 heteroatoms. The fourth-order valence-corrected chi connectivity index (χ4v) is 3.63. The number of rotatable bonds is 7. The summed E-state index contributed by atoms with van der Waals surface area (Å²) in [5.74, 6) is 0.878. The van der Waals surface area contributed by atoms with Gasteiger partial charge in [0.05, 0.1) is 5.56 Å². The minimum atomic E-state index is -0.204. The predicted octanol–water partition coefficient (Wildman–Crippen LogP) is 5.63. The summed E-state index contributed by atoms with van der Waals surface area (Å²) < 4.78 is 6.01. The Balaban J connectivity index is 1.59. The second kappa shape index (κ2) is 8.82. The summed E-state index contributed by atoms with van der Waals surface area (Å²) in [6, 6.07) is 25.9. The fourth-order valence-electron chi connectivity index (χ4n) is 3.63. The maximum atomic E-state index is 13.2. The van der Waals surface area contributed by atoms with Crippen LogP contribution < -0.4 is 10.1 Å². The van der Waals surface area contributed by atoms with Gasteiger partial charge in [0.1, 0.15) is 18.5 Å². The molecule has 4 rings (SSSR count). The third kappa shape index (κ3) is 4.27. The Labute approximate surface area is 172 Å². The number of anilines is 1. The lowest BCUT2D eigenvalue weighted by Gasteiger charge is -2.38. The zero-order valence-corrected chi connectivity index (χ0v) is 16.7. The highest BCUT2D eigenvalue weighted by atomic mass is 16.5. The monoisotopic (exact) mass is 386 g/mol. The molecule has 4 nitrogen and oxygen atoms in total. The minimum absolute atomic E-state index is 0.0772. The van der Waals surface area contributed by atoms with Crippen molar-refractivity contribution < 1.29 is 9.53 Å². The number of benzene rings is 3. The van der Waals surface area contributed by atoms with E-state index in [1.54, 1.807) is 0 Å². The number of carbonyl (C=O) groups is 1. The molecular weight excluding hydrogens is 360 g/mol. The van der Waals surface area contributed by atoms with Crippen LogP contribution in [0.15, 0.2) is 78.9 Å². The van der Waals surface area contributed by atoms with Gasteiger partial charge in [0, 0.05) is 12.2 Å². The van der Waals surface area contributed by atoms with Gasteiger partial charge in [-0.05, 0) is 41.8 Å². The summed E-state index contributed by atoms with van der Waals surface area (Å²) in [5.41, 5.74) is 3.76. The van der Waals surface area contributed by atoms with Crippen LogP contribution in [-0.2, 0) is 6.61 Å². The molecule has 1 amide bonds. The summed E-state index contributed by atoms with van der Waals surface area (Å²) in [5, 5.41) is 3.55. The molecule has 1 unspecified atom stereocenters. The second-order valence-corrected chi connectivity index (χ2v) is 7.29. The molecule has 0 bridgehead atoms. The largest absolute Gasteiger partial charge is 0.489 e. The number of unbranched alkanes of at least 4 members (excludes halogenated alkanes) is 1. The van der Waals surface area contributed by atoms with Gasteiger partial charge in [0.2, 0.25) is 0 Å². The molecule has 29 heavy (non-hydrogen) atoms. The quantitative estimate of drug-likeness (QED) is 0.572. The zero-order chi connectivity index (χ0) is 20.1. The Kier molecular flexibility index (Phi) is 5.80. The van der Waals surface area contributed by atoms with Gasteiger partial charge in [-0.2, -0.15) is 0 Å². The smallest absolute Gasteiger partial charge is 0.257 e. The molecule has 0 fully saturated rings. The van der Waals surface area contributed by atoms with Crippen molar-refractivity contribution in [3.8, 4) is 5.75 Å². The van der Waals surface area contributed by atoms with Crippen LogP contribution in [0, 0.1) is 0 Å². The number of hydrogen-bond donors (Lipinski definition) is 1. The topological polar surface area (TPSA) is 41.6 Å². The van der Waals surface area contributed by atoms with Crippen molar-refractivity contribution in [1.29, 1.82) is 0 Å². The van der Waals surface area contributed by atoms with Crippen molar-refractivity contribution in [3.05, 3.63) is 95.6 Å². The highest BCUT2D eigenvalue weighted by Gasteiger charge is 2.32. The van der Waals surface area contributed by atoms with E-state index in [-0.39, 0.29) is 12.1 Å². The molecule has 1 heterocycles. The Bertz CT molecular complexity index is 971. The van der Waals surface area contributed by atoms with Crippen molar-refractivity contribution in [3.63, 3.8) is 0 Å². The van der Waals surface area contributed by atoms with Gasteiger partial charge >= 0.3 is 0 Å². The lowest BCUT2D eigenvalue weighted by Crippen LogP contribution is -2.43. The Hall–Kier alpha value is -3.27. The summed E-state index contributed by atoms with van der Waals surface area (Å²) in [6.07, 6.45) is 1.80. The Morgan fingerprint density at radius 1 is 0.966 bits per heavy atom. The maximum absolute atomic E-state index is 13.2. The van der Waals surface area contributed by atoms with E-state index in [9.17, 15) is 4.79 Å². The lowest BCUT2D eigenvalue weighted by atomic mass is 10.0. The van der Waals surface area contributed by atoms with E-state index >= 15 is 0 Å². The van der Waals surface area contributed by atoms with Crippen molar-refractivity contribution in [2.45, 2.75) is 32.5 Å². The number of carbonyl (C=O) groups excluding carboxylic acids is 1. The van der Waals surface area contributed by atoms with Gasteiger partial charge in [-0.3, -0.25) is 4.79 Å². The van der Waals surface area contributed by atoms with E-state index in [2.05, 4.69) is 24.4 Å². The van der Waals surface area contributed by atoms with Crippen LogP contribution in [0.3, 0.4) is 0 Å². The van der Waals surface area contributed by atoms with Crippen LogP contribution in [0.5, 0.6) is 5.75 Å². The molecule has 0 aliphatic carbocycles. The van der Waals surface area contributed by atoms with E-state index in [4.69, 9.17) is 4.74 Å². The average molecular weight is 386 g/mol. The molecule has 0 radical (unpaired) electrons. The van der Waals surface area contributed by atoms with Crippen molar-refractivity contribution >= 4 is 11.6 Å². The van der Waals surface area contributed by atoms with Crippen LogP contribution in [0.25, 0.3) is 0 Å². The number of nitrogens with one attached hydrogen (secondary N) is 1. The zero-order valence-electron chi connectivity index (χ0n) is 16.7. The highest BCUT2D eigenvalue weighted by molar-refractivity contribution is 6.01. The second-order valence-electron chi connectivity index (χ2n) is 7.29. The summed E-state index contributed by atoms with van der Waals surface area (Å²) in [4.78, 5) is 15.1. The molecule has 1 N–H and O–H groups in total.